The number of halogens is 3. The summed E-state index contributed by atoms with van der Waals surface area (Å²) in [6.45, 7) is 0. The number of anilines is 3. The fourth-order valence-electron chi connectivity index (χ4n) is 4.45. The third-order valence-corrected chi connectivity index (χ3v) is 7.00. The molecule has 5 rings (SSSR count). The third-order valence-electron chi connectivity index (χ3n) is 6.07. The Kier molecular flexibility index (Phi) is 6.01. The quantitative estimate of drug-likeness (QED) is 0.258. The Morgan fingerprint density at radius 1 is 1.29 bits per heavy atom. The number of alkyl halides is 3. The number of carboxylic acids is 1. The van der Waals surface area contributed by atoms with Crippen molar-refractivity contribution in [2.75, 3.05) is 22.6 Å². The summed E-state index contributed by atoms with van der Waals surface area (Å²) in [5.41, 5.74) is 7.15. The van der Waals surface area contributed by atoms with E-state index in [4.69, 9.17) is 5.73 Å². The van der Waals surface area contributed by atoms with Crippen molar-refractivity contribution in [2.24, 2.45) is 5.73 Å². The molecule has 2 atom stereocenters. The molecule has 0 fully saturated rings. The molecular weight excluding hydrogens is 527 g/mol. The van der Waals surface area contributed by atoms with Crippen LogP contribution in [0.15, 0.2) is 54.9 Å². The van der Waals surface area contributed by atoms with Gasteiger partial charge in [-0.3, -0.25) is 9.48 Å². The number of carbonyl (C=O) groups excluding carboxylic acids is 1. The third kappa shape index (κ3) is 4.63. The number of rotatable bonds is 8. The maximum atomic E-state index is 12.7. The van der Waals surface area contributed by atoms with Crippen LogP contribution in [0.25, 0.3) is 10.2 Å². The van der Waals surface area contributed by atoms with Gasteiger partial charge in [-0.25, -0.2) is 9.78 Å². The van der Waals surface area contributed by atoms with Crippen molar-refractivity contribution in [3.05, 3.63) is 60.4 Å². The van der Waals surface area contributed by atoms with Crippen molar-refractivity contribution in [1.29, 1.82) is 0 Å². The van der Waals surface area contributed by atoms with Gasteiger partial charge in [0.25, 0.3) is 0 Å². The summed E-state index contributed by atoms with van der Waals surface area (Å²) in [7, 11) is 1.73. The predicted molar refractivity (Wildman–Crippen MR) is 133 cm³/mol. The smallest absolute Gasteiger partial charge is 0.478 e. The van der Waals surface area contributed by atoms with Gasteiger partial charge in [0.2, 0.25) is 11.7 Å². The molecule has 1 amide bonds. The zero-order valence-corrected chi connectivity index (χ0v) is 20.4. The molecule has 4 aromatic rings. The average molecular weight is 548 g/mol. The first-order chi connectivity index (χ1) is 17.9. The van der Waals surface area contributed by atoms with Crippen LogP contribution < -0.4 is 26.0 Å². The molecule has 1 aliphatic heterocycles. The monoisotopic (exact) mass is 547 g/mol. The molecule has 198 valence electrons. The highest BCUT2D eigenvalue weighted by atomic mass is 32.1. The van der Waals surface area contributed by atoms with Gasteiger partial charge in [-0.15, -0.1) is 13.2 Å². The number of aromatic nitrogens is 3. The number of fused-ring (bicyclic) bond motifs is 2. The molecule has 0 radical (unpaired) electrons. The number of nitrogens with one attached hydrogen (secondary N) is 2. The first-order valence-electron chi connectivity index (χ1n) is 11.1. The number of benzene rings is 2. The number of carbonyl (C=O) groups is 2. The molecule has 1 aliphatic rings. The average Bonchev–Trinajstić information content (AvgIpc) is 3.55. The number of ether oxygens (including phenoxy) is 1. The SMILES string of the molecule is CN1c2ccc(C(=O)O)cc2NC1(Nc1nc2ccc(OC(F)(F)F)cc2s1)C(CC(N)=O)n1cccn1. The van der Waals surface area contributed by atoms with Crippen molar-refractivity contribution in [3.63, 3.8) is 0 Å². The summed E-state index contributed by atoms with van der Waals surface area (Å²) in [5, 5.41) is 20.7. The number of thiazole rings is 1. The highest BCUT2D eigenvalue weighted by molar-refractivity contribution is 7.22. The molecule has 0 spiro atoms. The largest absolute Gasteiger partial charge is 0.573 e. The van der Waals surface area contributed by atoms with E-state index in [1.54, 1.807) is 30.3 Å². The van der Waals surface area contributed by atoms with Crippen LogP contribution in [0.4, 0.5) is 29.7 Å². The van der Waals surface area contributed by atoms with Crippen LogP contribution in [0.2, 0.25) is 0 Å². The number of carboxylic acid groups (broad SMARTS) is 1. The van der Waals surface area contributed by atoms with Gasteiger partial charge in [0.15, 0.2) is 5.13 Å². The summed E-state index contributed by atoms with van der Waals surface area (Å²) in [4.78, 5) is 30.1. The molecule has 2 unspecified atom stereocenters. The zero-order valence-electron chi connectivity index (χ0n) is 19.6. The molecule has 15 heteroatoms. The Balaban J connectivity index is 1.60. The molecule has 0 aliphatic carbocycles. The minimum Gasteiger partial charge on any atom is -0.478 e. The molecular formula is C23H20F3N7O4S. The molecule has 3 heterocycles. The van der Waals surface area contributed by atoms with Gasteiger partial charge >= 0.3 is 12.3 Å². The summed E-state index contributed by atoms with van der Waals surface area (Å²) in [5.74, 6) is -3.48. The van der Waals surface area contributed by atoms with Crippen LogP contribution in [0.1, 0.15) is 22.8 Å². The lowest BCUT2D eigenvalue weighted by atomic mass is 10.0. The lowest BCUT2D eigenvalue weighted by Crippen LogP contribution is -2.61. The second kappa shape index (κ2) is 9.09. The first-order valence-corrected chi connectivity index (χ1v) is 11.9. The van der Waals surface area contributed by atoms with Crippen LogP contribution >= 0.6 is 11.3 Å². The number of aromatic carboxylic acids is 1. The van der Waals surface area contributed by atoms with E-state index in [0.29, 0.717) is 26.7 Å². The number of nitrogens with zero attached hydrogens (tertiary/aromatic N) is 4. The number of amides is 1. The van der Waals surface area contributed by atoms with Crippen LogP contribution in [-0.2, 0) is 4.79 Å². The minimum atomic E-state index is -4.84. The van der Waals surface area contributed by atoms with Crippen molar-refractivity contribution in [3.8, 4) is 5.75 Å². The first kappa shape index (κ1) is 25.1. The Morgan fingerprint density at radius 3 is 2.74 bits per heavy atom. The summed E-state index contributed by atoms with van der Waals surface area (Å²) < 4.78 is 44.1. The van der Waals surface area contributed by atoms with Gasteiger partial charge in [-0.2, -0.15) is 5.10 Å². The zero-order chi connectivity index (χ0) is 27.2. The van der Waals surface area contributed by atoms with E-state index in [9.17, 15) is 27.9 Å². The number of hydrogen-bond acceptors (Lipinski definition) is 9. The lowest BCUT2D eigenvalue weighted by Gasteiger charge is -2.43. The van der Waals surface area contributed by atoms with Gasteiger partial charge in [-0.1, -0.05) is 11.3 Å². The van der Waals surface area contributed by atoms with Gasteiger partial charge < -0.3 is 31.1 Å². The van der Waals surface area contributed by atoms with Crippen LogP contribution in [0, 0.1) is 0 Å². The topological polar surface area (TPSA) is 148 Å². The van der Waals surface area contributed by atoms with E-state index in [1.165, 1.54) is 35.1 Å². The highest BCUT2D eigenvalue weighted by Gasteiger charge is 2.50. The van der Waals surface area contributed by atoms with Gasteiger partial charge in [0, 0.05) is 25.5 Å². The van der Waals surface area contributed by atoms with Crippen molar-refractivity contribution in [2.45, 2.75) is 24.6 Å². The summed E-state index contributed by atoms with van der Waals surface area (Å²) in [6, 6.07) is 9.22. The number of likely N-dealkylation sites (N-methyl/N-ethyl adjacent to an activating group) is 1. The van der Waals surface area contributed by atoms with E-state index >= 15 is 0 Å². The predicted octanol–water partition coefficient (Wildman–Crippen LogP) is 3.83. The van der Waals surface area contributed by atoms with Gasteiger partial charge in [0.05, 0.1) is 33.6 Å². The van der Waals surface area contributed by atoms with Crippen LogP contribution in [0.5, 0.6) is 5.75 Å². The van der Waals surface area contributed by atoms with E-state index < -0.39 is 30.1 Å². The molecule has 2 aromatic heterocycles. The Morgan fingerprint density at radius 2 is 2.08 bits per heavy atom. The van der Waals surface area contributed by atoms with E-state index in [1.807, 2.05) is 0 Å². The second-order valence-electron chi connectivity index (χ2n) is 8.48. The number of primary amides is 1. The molecule has 2 aromatic carbocycles. The van der Waals surface area contributed by atoms with Crippen molar-refractivity contribution in [1.82, 2.24) is 14.8 Å². The minimum absolute atomic E-state index is 0.0446. The number of nitrogens with two attached hydrogens (primary N) is 1. The Hall–Kier alpha value is -4.53. The molecule has 0 saturated carbocycles. The lowest BCUT2D eigenvalue weighted by molar-refractivity contribution is -0.274. The normalized spacial score (nSPS) is 17.6. The van der Waals surface area contributed by atoms with E-state index in [2.05, 4.69) is 25.5 Å². The number of hydrogen-bond donors (Lipinski definition) is 4. The molecule has 0 bridgehead atoms. The maximum Gasteiger partial charge on any atom is 0.573 e. The van der Waals surface area contributed by atoms with Gasteiger partial charge in [-0.05, 0) is 36.4 Å². The Bertz CT molecular complexity index is 1530. The molecule has 0 saturated heterocycles. The molecule has 5 N–H and O–H groups in total. The van der Waals surface area contributed by atoms with Crippen LogP contribution in [-0.4, -0.2) is 50.9 Å². The fourth-order valence-corrected chi connectivity index (χ4v) is 5.41. The molecule has 11 nitrogen and oxygen atoms in total. The van der Waals surface area contributed by atoms with E-state index in [0.717, 1.165) is 17.4 Å². The van der Waals surface area contributed by atoms with E-state index in [-0.39, 0.29) is 17.7 Å². The Labute approximate surface area is 216 Å². The standard InChI is InChI=1S/C23H20F3N7O4S/c1-32-16-6-3-12(20(35)36)9-15(16)30-22(32,18(11-19(27)34)33-8-2-7-28-33)31-21-29-14-5-4-13(10-17(14)38-21)37-23(24,25)26/h2-10,18,30H,11H2,1H3,(H2,27,34)(H,29,31)(H,35,36). The molecule has 38 heavy (non-hydrogen) atoms. The summed E-state index contributed by atoms with van der Waals surface area (Å²) >= 11 is 1.07. The van der Waals surface area contributed by atoms with Crippen LogP contribution in [0.3, 0.4) is 0 Å². The summed E-state index contributed by atoms with van der Waals surface area (Å²) in [6.07, 6.45) is -1.84. The second-order valence-corrected chi connectivity index (χ2v) is 9.51. The van der Waals surface area contributed by atoms with Crippen molar-refractivity contribution < 1.29 is 32.6 Å². The maximum absolute atomic E-state index is 12.7. The van der Waals surface area contributed by atoms with Gasteiger partial charge in [0.1, 0.15) is 11.8 Å². The highest BCUT2D eigenvalue weighted by Crippen LogP contribution is 2.46. The fraction of sp³-hybridized carbons (Fsp3) is 0.217. The van der Waals surface area contributed by atoms with Crippen molar-refractivity contribution >= 4 is 49.9 Å².